The van der Waals surface area contributed by atoms with Crippen LogP contribution in [0.4, 0.5) is 0 Å². The molecule has 1 aliphatic rings. The topological polar surface area (TPSA) is 75.1 Å². The maximum atomic E-state index is 12.3. The number of fused-ring (bicyclic) bond motifs is 2. The minimum absolute atomic E-state index is 0.0426. The van der Waals surface area contributed by atoms with Gasteiger partial charge < -0.3 is 9.73 Å². The van der Waals surface area contributed by atoms with Crippen LogP contribution in [0.3, 0.4) is 0 Å². The van der Waals surface area contributed by atoms with Crippen molar-refractivity contribution in [2.75, 3.05) is 0 Å². The Hall–Kier alpha value is -3.08. The van der Waals surface area contributed by atoms with Crippen LogP contribution in [-0.4, -0.2) is 10.9 Å². The summed E-state index contributed by atoms with van der Waals surface area (Å²) in [5.74, 6) is -0.237. The molecule has 5 nitrogen and oxygen atoms in total. The Morgan fingerprint density at radius 2 is 2.12 bits per heavy atom. The first-order chi connectivity index (χ1) is 12.1. The van der Waals surface area contributed by atoms with Crippen LogP contribution in [0.1, 0.15) is 29.7 Å². The Bertz CT molecular complexity index is 1030. The summed E-state index contributed by atoms with van der Waals surface area (Å²) < 4.78 is 4.97. The van der Waals surface area contributed by atoms with Crippen LogP contribution in [0, 0.1) is 5.92 Å². The summed E-state index contributed by atoms with van der Waals surface area (Å²) in [4.78, 5) is 26.1. The van der Waals surface area contributed by atoms with Crippen molar-refractivity contribution in [2.45, 2.75) is 19.4 Å². The van der Waals surface area contributed by atoms with Crippen molar-refractivity contribution in [3.8, 4) is 0 Å². The number of carbonyl (C=O) groups is 1. The van der Waals surface area contributed by atoms with Crippen LogP contribution >= 0.6 is 0 Å². The van der Waals surface area contributed by atoms with Crippen molar-refractivity contribution < 1.29 is 9.21 Å². The molecule has 0 spiro atoms. The van der Waals surface area contributed by atoms with E-state index in [0.717, 1.165) is 12.0 Å². The van der Waals surface area contributed by atoms with Crippen molar-refractivity contribution >= 4 is 23.1 Å². The van der Waals surface area contributed by atoms with Crippen LogP contribution in [0.25, 0.3) is 17.2 Å². The predicted molar refractivity (Wildman–Crippen MR) is 96.1 cm³/mol. The summed E-state index contributed by atoms with van der Waals surface area (Å²) in [7, 11) is 0. The Morgan fingerprint density at radius 1 is 1.28 bits per heavy atom. The van der Waals surface area contributed by atoms with Gasteiger partial charge in [0.2, 0.25) is 5.91 Å². The van der Waals surface area contributed by atoms with E-state index < -0.39 is 5.76 Å². The lowest BCUT2D eigenvalue weighted by molar-refractivity contribution is -0.117. The maximum Gasteiger partial charge on any atom is 0.417 e. The first-order valence-corrected chi connectivity index (χ1v) is 8.29. The van der Waals surface area contributed by atoms with Gasteiger partial charge in [-0.05, 0) is 47.2 Å². The van der Waals surface area contributed by atoms with E-state index in [1.165, 1.54) is 17.2 Å². The standard InChI is InChI=1S/C20H18N2O3/c1-12-10-14-4-2-3-5-15(14)19(12)22-18(23)9-7-13-6-8-17-16(11-13)21-20(24)25-17/h2-9,11-12,19H,10H2,1H3,(H,21,24)(H,22,23)/b9-7+. The highest BCUT2D eigenvalue weighted by Gasteiger charge is 2.29. The van der Waals surface area contributed by atoms with Gasteiger partial charge in [0.1, 0.15) is 0 Å². The molecular formula is C20H18N2O3. The molecule has 0 bridgehead atoms. The molecule has 0 fully saturated rings. The van der Waals surface area contributed by atoms with Gasteiger partial charge in [0.25, 0.3) is 0 Å². The summed E-state index contributed by atoms with van der Waals surface area (Å²) in [6, 6.07) is 13.6. The minimum atomic E-state index is -0.484. The molecule has 126 valence electrons. The van der Waals surface area contributed by atoms with E-state index in [9.17, 15) is 9.59 Å². The second-order valence-electron chi connectivity index (χ2n) is 6.47. The molecule has 2 N–H and O–H groups in total. The monoisotopic (exact) mass is 334 g/mol. The first-order valence-electron chi connectivity index (χ1n) is 8.29. The Morgan fingerprint density at radius 3 is 3.00 bits per heavy atom. The molecule has 3 aromatic rings. The molecule has 0 saturated carbocycles. The number of aromatic amines is 1. The molecule has 1 amide bonds. The maximum absolute atomic E-state index is 12.3. The molecule has 0 radical (unpaired) electrons. The third-order valence-electron chi connectivity index (χ3n) is 4.67. The number of H-pyrrole nitrogens is 1. The fraction of sp³-hybridized carbons (Fsp3) is 0.200. The highest BCUT2D eigenvalue weighted by Crippen LogP contribution is 2.35. The summed E-state index contributed by atoms with van der Waals surface area (Å²) in [5, 5.41) is 3.09. The molecule has 1 heterocycles. The number of oxazole rings is 1. The van der Waals surface area contributed by atoms with Crippen molar-refractivity contribution in [3.05, 3.63) is 75.8 Å². The van der Waals surface area contributed by atoms with Gasteiger partial charge in [-0.15, -0.1) is 0 Å². The number of hydrogen-bond donors (Lipinski definition) is 2. The Kier molecular flexibility index (Phi) is 3.76. The van der Waals surface area contributed by atoms with Crippen LogP contribution in [0.15, 0.2) is 57.8 Å². The lowest BCUT2D eigenvalue weighted by Gasteiger charge is -2.17. The largest absolute Gasteiger partial charge is 0.417 e. The third-order valence-corrected chi connectivity index (χ3v) is 4.67. The minimum Gasteiger partial charge on any atom is -0.408 e. The molecule has 2 aromatic carbocycles. The third kappa shape index (κ3) is 3.01. The van der Waals surface area contributed by atoms with Crippen molar-refractivity contribution in [1.29, 1.82) is 0 Å². The highest BCUT2D eigenvalue weighted by molar-refractivity contribution is 5.92. The second-order valence-corrected chi connectivity index (χ2v) is 6.47. The zero-order valence-corrected chi connectivity index (χ0v) is 13.8. The van der Waals surface area contributed by atoms with Crippen molar-refractivity contribution in [1.82, 2.24) is 10.3 Å². The molecule has 2 unspecified atom stereocenters. The van der Waals surface area contributed by atoms with Crippen molar-refractivity contribution in [3.63, 3.8) is 0 Å². The van der Waals surface area contributed by atoms with Gasteiger partial charge in [0.15, 0.2) is 5.58 Å². The summed E-state index contributed by atoms with van der Waals surface area (Å²) in [5.41, 5.74) is 4.45. The highest BCUT2D eigenvalue weighted by atomic mass is 16.4. The normalized spacial score (nSPS) is 19.4. The van der Waals surface area contributed by atoms with E-state index in [1.807, 2.05) is 12.1 Å². The van der Waals surface area contributed by atoms with Gasteiger partial charge >= 0.3 is 5.76 Å². The van der Waals surface area contributed by atoms with E-state index in [2.05, 4.69) is 29.4 Å². The summed E-state index contributed by atoms with van der Waals surface area (Å²) in [6.45, 7) is 2.15. The summed E-state index contributed by atoms with van der Waals surface area (Å²) >= 11 is 0. The van der Waals surface area contributed by atoms with E-state index in [0.29, 0.717) is 17.0 Å². The quantitative estimate of drug-likeness (QED) is 0.722. The lowest BCUT2D eigenvalue weighted by Crippen LogP contribution is -2.28. The first kappa shape index (κ1) is 15.4. The lowest BCUT2D eigenvalue weighted by atomic mass is 10.0. The molecule has 2 atom stereocenters. The van der Waals surface area contributed by atoms with Crippen LogP contribution < -0.4 is 11.1 Å². The van der Waals surface area contributed by atoms with E-state index >= 15 is 0 Å². The van der Waals surface area contributed by atoms with Gasteiger partial charge in [-0.3, -0.25) is 9.78 Å². The van der Waals surface area contributed by atoms with Crippen LogP contribution in [0.5, 0.6) is 0 Å². The fourth-order valence-electron chi connectivity index (χ4n) is 3.46. The SMILES string of the molecule is CC1Cc2ccccc2C1NC(=O)/C=C/c1ccc2oc(=O)[nH]c2c1. The second kappa shape index (κ2) is 6.09. The molecular weight excluding hydrogens is 316 g/mol. The number of carbonyl (C=O) groups excluding carboxylic acids is 1. The smallest absolute Gasteiger partial charge is 0.408 e. The zero-order valence-electron chi connectivity index (χ0n) is 13.8. The molecule has 1 aliphatic carbocycles. The van der Waals surface area contributed by atoms with Crippen molar-refractivity contribution in [2.24, 2.45) is 5.92 Å². The molecule has 0 saturated heterocycles. The number of amides is 1. The molecule has 1 aromatic heterocycles. The van der Waals surface area contributed by atoms with Gasteiger partial charge in [0, 0.05) is 6.08 Å². The Labute approximate surface area is 144 Å². The predicted octanol–water partition coefficient (Wildman–Crippen LogP) is 3.18. The summed E-state index contributed by atoms with van der Waals surface area (Å²) in [6.07, 6.45) is 4.23. The number of nitrogens with one attached hydrogen (secondary N) is 2. The molecule has 0 aliphatic heterocycles. The number of aromatic nitrogens is 1. The Balaban J connectivity index is 1.49. The van der Waals surface area contributed by atoms with E-state index in [4.69, 9.17) is 4.42 Å². The van der Waals surface area contributed by atoms with Gasteiger partial charge in [-0.2, -0.15) is 0 Å². The zero-order chi connectivity index (χ0) is 17.4. The molecule has 4 rings (SSSR count). The molecule has 25 heavy (non-hydrogen) atoms. The average molecular weight is 334 g/mol. The van der Waals surface area contributed by atoms with Crippen LogP contribution in [-0.2, 0) is 11.2 Å². The fourth-order valence-corrected chi connectivity index (χ4v) is 3.46. The number of hydrogen-bond acceptors (Lipinski definition) is 3. The van der Waals surface area contributed by atoms with Gasteiger partial charge in [-0.1, -0.05) is 37.3 Å². The van der Waals surface area contributed by atoms with E-state index in [-0.39, 0.29) is 11.9 Å². The number of benzene rings is 2. The molecule has 5 heteroatoms. The van der Waals surface area contributed by atoms with Gasteiger partial charge in [-0.25, -0.2) is 4.79 Å². The number of rotatable bonds is 3. The van der Waals surface area contributed by atoms with Crippen LogP contribution in [0.2, 0.25) is 0 Å². The average Bonchev–Trinajstić information content (AvgIpc) is 3.11. The van der Waals surface area contributed by atoms with E-state index in [1.54, 1.807) is 24.3 Å². The van der Waals surface area contributed by atoms with Gasteiger partial charge in [0.05, 0.1) is 11.6 Å².